The number of carboxylic acid groups (broad SMARTS) is 1. The molecule has 0 radical (unpaired) electrons. The second kappa shape index (κ2) is 8.33. The second-order valence-electron chi connectivity index (χ2n) is 5.63. The summed E-state index contributed by atoms with van der Waals surface area (Å²) in [5, 5.41) is 18.2. The molecule has 2 amide bonds. The van der Waals surface area contributed by atoms with Gasteiger partial charge in [0.1, 0.15) is 11.7 Å². The molecular weight excluding hydrogens is 372 g/mol. The maximum atomic E-state index is 12.5. The van der Waals surface area contributed by atoms with E-state index < -0.39 is 18.0 Å². The summed E-state index contributed by atoms with van der Waals surface area (Å²) >= 11 is 5.84. The van der Waals surface area contributed by atoms with E-state index in [0.717, 1.165) is 11.1 Å². The largest absolute Gasteiger partial charge is 0.465 e. The normalized spacial score (nSPS) is 11.6. The highest BCUT2D eigenvalue weighted by molar-refractivity contribution is 6.30. The molecule has 3 rings (SSSR count). The summed E-state index contributed by atoms with van der Waals surface area (Å²) in [7, 11) is 0. The molecule has 0 spiro atoms. The minimum absolute atomic E-state index is 0.111. The predicted molar refractivity (Wildman–Crippen MR) is 98.5 cm³/mol. The summed E-state index contributed by atoms with van der Waals surface area (Å²) < 4.78 is 5.12. The quantitative estimate of drug-likeness (QED) is 0.598. The van der Waals surface area contributed by atoms with Crippen LogP contribution in [0.4, 0.5) is 10.7 Å². The van der Waals surface area contributed by atoms with E-state index in [2.05, 4.69) is 20.8 Å². The van der Waals surface area contributed by atoms with Crippen LogP contribution in [0.1, 0.15) is 5.56 Å². The van der Waals surface area contributed by atoms with E-state index >= 15 is 0 Å². The number of hydrogen-bond acceptors (Lipinski definition) is 5. The number of benzene rings is 1. The molecule has 0 saturated heterocycles. The zero-order valence-electron chi connectivity index (χ0n) is 13.9. The van der Waals surface area contributed by atoms with Crippen LogP contribution in [-0.4, -0.2) is 33.3 Å². The van der Waals surface area contributed by atoms with Gasteiger partial charge >= 0.3 is 6.09 Å². The smallest absolute Gasteiger partial charge is 0.405 e. The number of carbonyl (C=O) groups is 2. The van der Waals surface area contributed by atoms with E-state index in [1.54, 1.807) is 54.9 Å². The molecule has 9 heteroatoms. The summed E-state index contributed by atoms with van der Waals surface area (Å²) in [5.41, 5.74) is 2.05. The minimum Gasteiger partial charge on any atom is -0.465 e. The van der Waals surface area contributed by atoms with Crippen LogP contribution in [0.25, 0.3) is 11.3 Å². The van der Waals surface area contributed by atoms with Crippen LogP contribution in [0.5, 0.6) is 0 Å². The van der Waals surface area contributed by atoms with Crippen LogP contribution in [-0.2, 0) is 11.2 Å². The molecular formula is C18H15ClN4O4. The second-order valence-corrected chi connectivity index (χ2v) is 6.07. The molecule has 0 saturated carbocycles. The Morgan fingerprint density at radius 1 is 1.15 bits per heavy atom. The predicted octanol–water partition coefficient (Wildman–Crippen LogP) is 3.21. The number of carbonyl (C=O) groups excluding carboxylic acids is 1. The van der Waals surface area contributed by atoms with Crippen LogP contribution < -0.4 is 10.6 Å². The fourth-order valence-corrected chi connectivity index (χ4v) is 2.54. The maximum absolute atomic E-state index is 12.5. The molecule has 8 nitrogen and oxygen atoms in total. The number of anilines is 1. The molecule has 0 aliphatic rings. The van der Waals surface area contributed by atoms with E-state index in [4.69, 9.17) is 21.2 Å². The van der Waals surface area contributed by atoms with E-state index in [1.165, 1.54) is 0 Å². The van der Waals surface area contributed by atoms with Crippen molar-refractivity contribution >= 4 is 29.5 Å². The van der Waals surface area contributed by atoms with Gasteiger partial charge in [-0.25, -0.2) is 4.79 Å². The SMILES string of the molecule is O=C(O)NC(Cc1ccc(Cl)cc1)C(=O)Nc1cc(-c2ccncc2)no1. The van der Waals surface area contributed by atoms with Gasteiger partial charge in [-0.05, 0) is 29.8 Å². The molecule has 3 N–H and O–H groups in total. The first-order valence-electron chi connectivity index (χ1n) is 7.93. The van der Waals surface area contributed by atoms with Gasteiger partial charge in [-0.1, -0.05) is 28.9 Å². The molecule has 0 aliphatic carbocycles. The Bertz CT molecular complexity index is 928. The number of amides is 2. The van der Waals surface area contributed by atoms with Crippen molar-refractivity contribution in [2.45, 2.75) is 12.5 Å². The molecule has 27 heavy (non-hydrogen) atoms. The minimum atomic E-state index is -1.31. The molecule has 2 aromatic heterocycles. The summed E-state index contributed by atoms with van der Waals surface area (Å²) in [6, 6.07) is 10.8. The van der Waals surface area contributed by atoms with Crippen molar-refractivity contribution in [3.05, 3.63) is 65.4 Å². The highest BCUT2D eigenvalue weighted by Gasteiger charge is 2.22. The van der Waals surface area contributed by atoms with Gasteiger partial charge in [-0.2, -0.15) is 0 Å². The van der Waals surface area contributed by atoms with Gasteiger partial charge in [0, 0.05) is 35.5 Å². The number of nitrogens with one attached hydrogen (secondary N) is 2. The average Bonchev–Trinajstić information content (AvgIpc) is 3.12. The van der Waals surface area contributed by atoms with Gasteiger partial charge in [-0.3, -0.25) is 15.1 Å². The fourth-order valence-electron chi connectivity index (χ4n) is 2.42. The lowest BCUT2D eigenvalue weighted by atomic mass is 10.1. The standard InChI is InChI=1S/C18H15ClN4O4/c19-13-3-1-11(2-4-13)9-15(21-18(25)26)17(24)22-16-10-14(23-27-16)12-5-7-20-8-6-12/h1-8,10,15,21H,9H2,(H,22,24)(H,25,26). The van der Waals surface area contributed by atoms with Crippen LogP contribution in [0.2, 0.25) is 5.02 Å². The molecule has 3 aromatic rings. The number of pyridine rings is 1. The van der Waals surface area contributed by atoms with Gasteiger partial charge in [0.05, 0.1) is 0 Å². The van der Waals surface area contributed by atoms with E-state index in [9.17, 15) is 9.59 Å². The topological polar surface area (TPSA) is 117 Å². The Morgan fingerprint density at radius 2 is 1.85 bits per heavy atom. The Labute approximate surface area is 159 Å². The van der Waals surface area contributed by atoms with E-state index in [-0.39, 0.29) is 12.3 Å². The first-order valence-corrected chi connectivity index (χ1v) is 8.31. The van der Waals surface area contributed by atoms with E-state index in [0.29, 0.717) is 10.7 Å². The molecule has 1 atom stereocenters. The van der Waals surface area contributed by atoms with Gasteiger partial charge in [0.25, 0.3) is 0 Å². The van der Waals surface area contributed by atoms with Crippen molar-refractivity contribution in [3.8, 4) is 11.3 Å². The van der Waals surface area contributed by atoms with Crippen LogP contribution in [0.15, 0.2) is 59.4 Å². The van der Waals surface area contributed by atoms with Crippen molar-refractivity contribution in [1.82, 2.24) is 15.5 Å². The van der Waals surface area contributed by atoms with Crippen LogP contribution in [0, 0.1) is 0 Å². The molecule has 0 aliphatic heterocycles. The van der Waals surface area contributed by atoms with Crippen molar-refractivity contribution < 1.29 is 19.2 Å². The third-order valence-corrected chi connectivity index (χ3v) is 3.95. The van der Waals surface area contributed by atoms with Gasteiger partial charge in [-0.15, -0.1) is 0 Å². The summed E-state index contributed by atoms with van der Waals surface area (Å²) in [6.45, 7) is 0. The Balaban J connectivity index is 1.71. The average molecular weight is 387 g/mol. The van der Waals surface area contributed by atoms with Crippen molar-refractivity contribution in [3.63, 3.8) is 0 Å². The molecule has 2 heterocycles. The van der Waals surface area contributed by atoms with Gasteiger partial charge in [0.2, 0.25) is 11.8 Å². The fraction of sp³-hybridized carbons (Fsp3) is 0.111. The summed E-state index contributed by atoms with van der Waals surface area (Å²) in [6.07, 6.45) is 2.07. The number of halogens is 1. The molecule has 0 bridgehead atoms. The third-order valence-electron chi connectivity index (χ3n) is 3.70. The highest BCUT2D eigenvalue weighted by Crippen LogP contribution is 2.21. The molecule has 1 unspecified atom stereocenters. The number of rotatable bonds is 6. The third kappa shape index (κ3) is 5.05. The zero-order chi connectivity index (χ0) is 19.2. The highest BCUT2D eigenvalue weighted by atomic mass is 35.5. The monoisotopic (exact) mass is 386 g/mol. The lowest BCUT2D eigenvalue weighted by molar-refractivity contribution is -0.118. The Morgan fingerprint density at radius 3 is 2.52 bits per heavy atom. The van der Waals surface area contributed by atoms with Crippen molar-refractivity contribution in [1.29, 1.82) is 0 Å². The van der Waals surface area contributed by atoms with Gasteiger partial charge in [0.15, 0.2) is 0 Å². The summed E-state index contributed by atoms with van der Waals surface area (Å²) in [5.74, 6) is -0.454. The van der Waals surface area contributed by atoms with Gasteiger partial charge < -0.3 is 14.9 Å². The van der Waals surface area contributed by atoms with Crippen LogP contribution in [0.3, 0.4) is 0 Å². The van der Waals surface area contributed by atoms with Crippen molar-refractivity contribution in [2.24, 2.45) is 0 Å². The molecule has 138 valence electrons. The Kier molecular flexibility index (Phi) is 5.68. The van der Waals surface area contributed by atoms with E-state index in [1.807, 2.05) is 0 Å². The maximum Gasteiger partial charge on any atom is 0.405 e. The van der Waals surface area contributed by atoms with Crippen molar-refractivity contribution in [2.75, 3.05) is 5.32 Å². The Hall–Kier alpha value is -3.39. The van der Waals surface area contributed by atoms with Crippen LogP contribution >= 0.6 is 11.6 Å². The first kappa shape index (κ1) is 18.4. The lowest BCUT2D eigenvalue weighted by Gasteiger charge is -2.15. The zero-order valence-corrected chi connectivity index (χ0v) is 14.7. The number of hydrogen-bond donors (Lipinski definition) is 3. The number of nitrogens with zero attached hydrogens (tertiary/aromatic N) is 2. The molecule has 0 fully saturated rings. The lowest BCUT2D eigenvalue weighted by Crippen LogP contribution is -2.44. The molecule has 1 aromatic carbocycles. The first-order chi connectivity index (χ1) is 13.0. The summed E-state index contributed by atoms with van der Waals surface area (Å²) in [4.78, 5) is 27.5. The number of aromatic nitrogens is 2.